The van der Waals surface area contributed by atoms with Crippen molar-refractivity contribution >= 4 is 27.3 Å². The Morgan fingerprint density at radius 2 is 2.00 bits per heavy atom. The van der Waals surface area contributed by atoms with Gasteiger partial charge in [-0.25, -0.2) is 0 Å². The van der Waals surface area contributed by atoms with Crippen LogP contribution in [0.15, 0.2) is 30.3 Å². The van der Waals surface area contributed by atoms with E-state index in [4.69, 9.17) is 0 Å². The molecule has 0 bridgehead atoms. The molecule has 0 saturated carbocycles. The van der Waals surface area contributed by atoms with E-state index in [1.807, 2.05) is 35.2 Å². The first-order valence-corrected chi connectivity index (χ1v) is 9.17. The van der Waals surface area contributed by atoms with Gasteiger partial charge in [-0.2, -0.15) is 0 Å². The van der Waals surface area contributed by atoms with Crippen molar-refractivity contribution in [3.63, 3.8) is 0 Å². The quantitative estimate of drug-likeness (QED) is 0.941. The van der Waals surface area contributed by atoms with Crippen LogP contribution in [0.4, 0.5) is 0 Å². The van der Waals surface area contributed by atoms with Crippen LogP contribution in [-0.2, 0) is 0 Å². The molecule has 3 heterocycles. The van der Waals surface area contributed by atoms with Crippen LogP contribution < -0.4 is 0 Å². The number of carbonyl (C=O) groups is 1. The average molecular weight is 330 g/mol. The second-order valence-corrected chi connectivity index (χ2v) is 7.92. The molecule has 2 aliphatic heterocycles. The number of amides is 1. The van der Waals surface area contributed by atoms with Gasteiger partial charge in [0, 0.05) is 17.8 Å². The standard InChI is InChI=1S/C18H22N2O2S/c21-17(16-11-14-5-1-2-6-15(14)23-16)20-10-7-18(22,13-20)12-19-8-3-4-9-19/h1-2,5-6,11,22H,3-4,7-10,12-13H2. The average Bonchev–Trinajstić information content (AvgIpc) is 3.26. The van der Waals surface area contributed by atoms with Crippen molar-refractivity contribution in [2.24, 2.45) is 0 Å². The van der Waals surface area contributed by atoms with Gasteiger partial charge in [-0.15, -0.1) is 11.3 Å². The van der Waals surface area contributed by atoms with Crippen LogP contribution in [0.25, 0.3) is 10.1 Å². The minimum Gasteiger partial charge on any atom is -0.387 e. The van der Waals surface area contributed by atoms with Crippen molar-refractivity contribution in [2.45, 2.75) is 24.9 Å². The Morgan fingerprint density at radius 3 is 2.78 bits per heavy atom. The monoisotopic (exact) mass is 330 g/mol. The zero-order valence-electron chi connectivity index (χ0n) is 13.2. The van der Waals surface area contributed by atoms with Crippen LogP contribution in [0, 0.1) is 0 Å². The lowest BCUT2D eigenvalue weighted by molar-refractivity contribution is 0.0176. The Hall–Kier alpha value is -1.43. The molecule has 2 fully saturated rings. The highest BCUT2D eigenvalue weighted by molar-refractivity contribution is 7.20. The van der Waals surface area contributed by atoms with Crippen LogP contribution >= 0.6 is 11.3 Å². The van der Waals surface area contributed by atoms with Gasteiger partial charge >= 0.3 is 0 Å². The highest BCUT2D eigenvalue weighted by atomic mass is 32.1. The first kappa shape index (κ1) is 15.1. The molecule has 4 rings (SSSR count). The molecule has 2 saturated heterocycles. The summed E-state index contributed by atoms with van der Waals surface area (Å²) >= 11 is 1.54. The smallest absolute Gasteiger partial charge is 0.264 e. The van der Waals surface area contributed by atoms with Crippen LogP contribution in [0.3, 0.4) is 0 Å². The van der Waals surface area contributed by atoms with Gasteiger partial charge in [-0.05, 0) is 49.9 Å². The van der Waals surface area contributed by atoms with Gasteiger partial charge in [0.1, 0.15) is 0 Å². The van der Waals surface area contributed by atoms with Gasteiger partial charge in [0.05, 0.1) is 17.0 Å². The molecule has 1 aromatic carbocycles. The summed E-state index contributed by atoms with van der Waals surface area (Å²) in [4.78, 5) is 17.7. The summed E-state index contributed by atoms with van der Waals surface area (Å²) in [5.74, 6) is 0.0588. The second kappa shape index (κ2) is 5.89. The van der Waals surface area contributed by atoms with Gasteiger partial charge in [0.25, 0.3) is 5.91 Å². The molecule has 1 unspecified atom stereocenters. The Kier molecular flexibility index (Phi) is 3.87. The lowest BCUT2D eigenvalue weighted by Crippen LogP contribution is -2.44. The van der Waals surface area contributed by atoms with Crippen LogP contribution in [-0.4, -0.2) is 59.1 Å². The topological polar surface area (TPSA) is 43.8 Å². The fraction of sp³-hybridized carbons (Fsp3) is 0.500. The maximum Gasteiger partial charge on any atom is 0.264 e. The fourth-order valence-corrected chi connectivity index (χ4v) is 4.79. The van der Waals surface area contributed by atoms with Crippen molar-refractivity contribution in [3.05, 3.63) is 35.2 Å². The van der Waals surface area contributed by atoms with Gasteiger partial charge in [-0.3, -0.25) is 4.79 Å². The molecule has 1 atom stereocenters. The summed E-state index contributed by atoms with van der Waals surface area (Å²) in [6, 6.07) is 10.0. The molecule has 2 aromatic rings. The third-order valence-corrected chi connectivity index (χ3v) is 6.08. The molecule has 0 radical (unpaired) electrons. The molecule has 1 aromatic heterocycles. The molecule has 0 spiro atoms. The van der Waals surface area contributed by atoms with Crippen molar-refractivity contribution in [1.29, 1.82) is 0 Å². The molecule has 2 aliphatic rings. The summed E-state index contributed by atoms with van der Waals surface area (Å²) in [6.07, 6.45) is 3.13. The van der Waals surface area contributed by atoms with E-state index < -0.39 is 5.60 Å². The summed E-state index contributed by atoms with van der Waals surface area (Å²) in [5, 5.41) is 11.9. The van der Waals surface area contributed by atoms with Gasteiger partial charge in [-0.1, -0.05) is 18.2 Å². The van der Waals surface area contributed by atoms with Crippen molar-refractivity contribution in [2.75, 3.05) is 32.7 Å². The van der Waals surface area contributed by atoms with E-state index in [2.05, 4.69) is 4.90 Å². The predicted octanol–water partition coefficient (Wildman–Crippen LogP) is 2.57. The maximum atomic E-state index is 12.8. The number of nitrogens with zero attached hydrogens (tertiary/aromatic N) is 2. The number of β-amino-alcohol motifs (C(OH)–C–C–N with tert-alkyl or cyclic N) is 1. The summed E-state index contributed by atoms with van der Waals surface area (Å²) < 4.78 is 1.14. The van der Waals surface area contributed by atoms with E-state index in [0.717, 1.165) is 28.1 Å². The molecule has 23 heavy (non-hydrogen) atoms. The number of fused-ring (bicyclic) bond motifs is 1. The maximum absolute atomic E-state index is 12.8. The van der Waals surface area contributed by atoms with Crippen LogP contribution in [0.5, 0.6) is 0 Å². The third-order valence-electron chi connectivity index (χ3n) is 4.97. The summed E-state index contributed by atoms with van der Waals surface area (Å²) in [5.41, 5.74) is -0.739. The fourth-order valence-electron chi connectivity index (χ4n) is 3.76. The second-order valence-electron chi connectivity index (χ2n) is 6.83. The SMILES string of the molecule is O=C(c1cc2ccccc2s1)N1CCC(O)(CN2CCCC2)C1. The third kappa shape index (κ3) is 3.01. The molecular weight excluding hydrogens is 308 g/mol. The minimum atomic E-state index is -0.739. The van der Waals surface area contributed by atoms with E-state index in [9.17, 15) is 9.90 Å². The van der Waals surface area contributed by atoms with Gasteiger partial charge < -0.3 is 14.9 Å². The number of hydrogen-bond donors (Lipinski definition) is 1. The van der Waals surface area contributed by atoms with E-state index in [1.165, 1.54) is 12.8 Å². The molecule has 0 aliphatic carbocycles. The Morgan fingerprint density at radius 1 is 1.22 bits per heavy atom. The zero-order chi connectivity index (χ0) is 15.9. The van der Waals surface area contributed by atoms with Gasteiger partial charge in [0.15, 0.2) is 0 Å². The largest absolute Gasteiger partial charge is 0.387 e. The Balaban J connectivity index is 1.46. The molecule has 1 amide bonds. The minimum absolute atomic E-state index is 0.0588. The van der Waals surface area contributed by atoms with Crippen molar-refractivity contribution in [1.82, 2.24) is 9.80 Å². The highest BCUT2D eigenvalue weighted by Crippen LogP contribution is 2.30. The molecule has 5 heteroatoms. The lowest BCUT2D eigenvalue weighted by atomic mass is 10.0. The summed E-state index contributed by atoms with van der Waals surface area (Å²) in [7, 11) is 0. The van der Waals surface area contributed by atoms with Crippen molar-refractivity contribution < 1.29 is 9.90 Å². The first-order valence-electron chi connectivity index (χ1n) is 8.36. The first-order chi connectivity index (χ1) is 11.1. The summed E-state index contributed by atoms with van der Waals surface area (Å²) in [6.45, 7) is 3.95. The van der Waals surface area contributed by atoms with E-state index in [0.29, 0.717) is 26.1 Å². The number of aliphatic hydroxyl groups is 1. The number of carbonyl (C=O) groups excluding carboxylic acids is 1. The van der Waals surface area contributed by atoms with Crippen molar-refractivity contribution in [3.8, 4) is 0 Å². The normalized spacial score (nSPS) is 25.5. The van der Waals surface area contributed by atoms with E-state index in [-0.39, 0.29) is 5.91 Å². The number of rotatable bonds is 3. The molecular formula is C18H22N2O2S. The molecule has 122 valence electrons. The molecule has 4 nitrogen and oxygen atoms in total. The number of thiophene rings is 1. The predicted molar refractivity (Wildman–Crippen MR) is 93.0 cm³/mol. The molecule has 1 N–H and O–H groups in total. The number of likely N-dealkylation sites (tertiary alicyclic amines) is 2. The number of benzene rings is 1. The van der Waals surface area contributed by atoms with Crippen LogP contribution in [0.2, 0.25) is 0 Å². The Labute approximate surface area is 140 Å². The highest BCUT2D eigenvalue weighted by Gasteiger charge is 2.40. The van der Waals surface area contributed by atoms with Gasteiger partial charge in [0.2, 0.25) is 0 Å². The zero-order valence-corrected chi connectivity index (χ0v) is 14.0. The Bertz CT molecular complexity index is 690. The number of hydrogen-bond acceptors (Lipinski definition) is 4. The van der Waals surface area contributed by atoms with Crippen LogP contribution in [0.1, 0.15) is 28.9 Å². The van der Waals surface area contributed by atoms with E-state index >= 15 is 0 Å². The lowest BCUT2D eigenvalue weighted by Gasteiger charge is -2.28. The van der Waals surface area contributed by atoms with E-state index in [1.54, 1.807) is 11.3 Å².